The average Bonchev–Trinajstić information content (AvgIpc) is 2.98. The van der Waals surface area contributed by atoms with Crippen molar-refractivity contribution in [1.82, 2.24) is 4.90 Å². The number of anilines is 1. The molecule has 0 saturated carbocycles. The minimum absolute atomic E-state index is 0.0178. The Bertz CT molecular complexity index is 623. The molecule has 0 spiro atoms. The largest absolute Gasteiger partial charge is 0.475 e. The van der Waals surface area contributed by atoms with Crippen LogP contribution < -0.4 is 4.90 Å². The zero-order chi connectivity index (χ0) is 14.8. The zero-order valence-corrected chi connectivity index (χ0v) is 11.9. The fourth-order valence-electron chi connectivity index (χ4n) is 2.74. The molecule has 0 radical (unpaired) electrons. The quantitative estimate of drug-likeness (QED) is 0.939. The highest BCUT2D eigenvalue weighted by atomic mass is 16.4. The molecule has 1 aromatic heterocycles. The Labute approximate surface area is 123 Å². The van der Waals surface area contributed by atoms with Gasteiger partial charge >= 0.3 is 5.97 Å². The smallest absolute Gasteiger partial charge is 0.371 e. The molecule has 3 rings (SSSR count). The SMILES string of the molecule is CN1CCN(c2ccc(C(=O)O)o2)C(c2ccccc2)C1. The van der Waals surface area contributed by atoms with Crippen molar-refractivity contribution >= 4 is 11.9 Å². The van der Waals surface area contributed by atoms with E-state index in [1.165, 1.54) is 11.6 Å². The summed E-state index contributed by atoms with van der Waals surface area (Å²) in [5.41, 5.74) is 1.21. The summed E-state index contributed by atoms with van der Waals surface area (Å²) in [6.45, 7) is 2.61. The van der Waals surface area contributed by atoms with Gasteiger partial charge in [-0.2, -0.15) is 0 Å². The first-order chi connectivity index (χ1) is 10.1. The Morgan fingerprint density at radius 3 is 2.62 bits per heavy atom. The molecule has 1 saturated heterocycles. The fourth-order valence-corrected chi connectivity index (χ4v) is 2.74. The van der Waals surface area contributed by atoms with E-state index in [-0.39, 0.29) is 11.8 Å². The lowest BCUT2D eigenvalue weighted by Crippen LogP contribution is -2.46. The van der Waals surface area contributed by atoms with Crippen LogP contribution >= 0.6 is 0 Å². The molecule has 2 heterocycles. The van der Waals surface area contributed by atoms with Gasteiger partial charge < -0.3 is 19.3 Å². The van der Waals surface area contributed by atoms with Crippen LogP contribution in [0.2, 0.25) is 0 Å². The second kappa shape index (κ2) is 5.61. The maximum atomic E-state index is 11.0. The number of piperazine rings is 1. The van der Waals surface area contributed by atoms with Gasteiger partial charge in [-0.1, -0.05) is 30.3 Å². The molecule has 21 heavy (non-hydrogen) atoms. The summed E-state index contributed by atoms with van der Waals surface area (Å²) < 4.78 is 5.48. The Hall–Kier alpha value is -2.27. The molecule has 110 valence electrons. The van der Waals surface area contributed by atoms with Crippen LogP contribution in [0.5, 0.6) is 0 Å². The number of aromatic carboxylic acids is 1. The van der Waals surface area contributed by atoms with Gasteiger partial charge in [-0.05, 0) is 18.7 Å². The maximum absolute atomic E-state index is 11.0. The monoisotopic (exact) mass is 286 g/mol. The van der Waals surface area contributed by atoms with Crippen LogP contribution in [0.1, 0.15) is 22.2 Å². The van der Waals surface area contributed by atoms with E-state index in [1.807, 2.05) is 18.2 Å². The molecule has 0 amide bonds. The molecule has 1 aromatic carbocycles. The summed E-state index contributed by atoms with van der Waals surface area (Å²) in [6.07, 6.45) is 0. The third-order valence-corrected chi connectivity index (χ3v) is 3.85. The van der Waals surface area contributed by atoms with Gasteiger partial charge in [0.05, 0.1) is 6.04 Å². The van der Waals surface area contributed by atoms with Gasteiger partial charge in [0.1, 0.15) is 0 Å². The molecular formula is C16H18N2O3. The highest BCUT2D eigenvalue weighted by molar-refractivity contribution is 5.84. The van der Waals surface area contributed by atoms with E-state index in [9.17, 15) is 4.79 Å². The molecule has 1 fully saturated rings. The fraction of sp³-hybridized carbons (Fsp3) is 0.312. The van der Waals surface area contributed by atoms with Crippen molar-refractivity contribution in [1.29, 1.82) is 0 Å². The average molecular weight is 286 g/mol. The molecule has 1 aliphatic heterocycles. The van der Waals surface area contributed by atoms with E-state index in [4.69, 9.17) is 9.52 Å². The van der Waals surface area contributed by atoms with Crippen molar-refractivity contribution in [3.05, 3.63) is 53.8 Å². The molecule has 1 unspecified atom stereocenters. The predicted octanol–water partition coefficient (Wildman–Crippen LogP) is 2.47. The number of benzene rings is 1. The first kappa shape index (κ1) is 13.7. The van der Waals surface area contributed by atoms with E-state index < -0.39 is 5.97 Å². The van der Waals surface area contributed by atoms with E-state index >= 15 is 0 Å². The van der Waals surface area contributed by atoms with Crippen LogP contribution in [0, 0.1) is 0 Å². The highest BCUT2D eigenvalue weighted by Crippen LogP contribution is 2.31. The molecule has 0 bridgehead atoms. The number of carbonyl (C=O) groups is 1. The second-order valence-electron chi connectivity index (χ2n) is 5.33. The van der Waals surface area contributed by atoms with Crippen LogP contribution in [0.3, 0.4) is 0 Å². The van der Waals surface area contributed by atoms with Crippen molar-refractivity contribution in [3.63, 3.8) is 0 Å². The van der Waals surface area contributed by atoms with Crippen molar-refractivity contribution < 1.29 is 14.3 Å². The third kappa shape index (κ3) is 2.78. The summed E-state index contributed by atoms with van der Waals surface area (Å²) >= 11 is 0. The summed E-state index contributed by atoms with van der Waals surface area (Å²) in [4.78, 5) is 15.4. The van der Waals surface area contributed by atoms with Crippen molar-refractivity contribution in [3.8, 4) is 0 Å². The van der Waals surface area contributed by atoms with E-state index in [1.54, 1.807) is 6.07 Å². The van der Waals surface area contributed by atoms with Gasteiger partial charge in [-0.3, -0.25) is 0 Å². The number of carboxylic acid groups (broad SMARTS) is 1. The molecule has 0 aliphatic carbocycles. The highest BCUT2D eigenvalue weighted by Gasteiger charge is 2.29. The normalized spacial score (nSPS) is 19.7. The maximum Gasteiger partial charge on any atom is 0.371 e. The Balaban J connectivity index is 1.92. The molecule has 5 nitrogen and oxygen atoms in total. The molecule has 2 aromatic rings. The third-order valence-electron chi connectivity index (χ3n) is 3.85. The summed E-state index contributed by atoms with van der Waals surface area (Å²) in [7, 11) is 2.10. The van der Waals surface area contributed by atoms with Crippen LogP contribution in [-0.2, 0) is 0 Å². The van der Waals surface area contributed by atoms with Crippen LogP contribution in [0.4, 0.5) is 5.88 Å². The van der Waals surface area contributed by atoms with Crippen LogP contribution in [0.15, 0.2) is 46.9 Å². The Morgan fingerprint density at radius 1 is 1.19 bits per heavy atom. The van der Waals surface area contributed by atoms with E-state index in [2.05, 4.69) is 29.0 Å². The number of hydrogen-bond donors (Lipinski definition) is 1. The zero-order valence-electron chi connectivity index (χ0n) is 11.9. The van der Waals surface area contributed by atoms with Crippen molar-refractivity contribution in [2.24, 2.45) is 0 Å². The van der Waals surface area contributed by atoms with Crippen LogP contribution in [-0.4, -0.2) is 42.7 Å². The lowest BCUT2D eigenvalue weighted by molar-refractivity contribution is 0.0662. The van der Waals surface area contributed by atoms with Crippen molar-refractivity contribution in [2.75, 3.05) is 31.6 Å². The molecule has 1 atom stereocenters. The molecule has 1 aliphatic rings. The Morgan fingerprint density at radius 2 is 1.95 bits per heavy atom. The minimum atomic E-state index is -1.04. The van der Waals surface area contributed by atoms with Gasteiger partial charge in [0, 0.05) is 25.7 Å². The topological polar surface area (TPSA) is 56.9 Å². The lowest BCUT2D eigenvalue weighted by Gasteiger charge is -2.40. The van der Waals surface area contributed by atoms with Crippen LogP contribution in [0.25, 0.3) is 0 Å². The summed E-state index contributed by atoms with van der Waals surface area (Å²) in [5.74, 6) is -0.434. The first-order valence-corrected chi connectivity index (χ1v) is 6.98. The van der Waals surface area contributed by atoms with Gasteiger partial charge in [0.15, 0.2) is 5.88 Å². The standard InChI is InChI=1S/C16H18N2O3/c1-17-9-10-18(15-8-7-14(21-15)16(19)20)13(11-17)12-5-3-2-4-6-12/h2-8,13H,9-11H2,1H3,(H,19,20). The summed E-state index contributed by atoms with van der Waals surface area (Å²) in [5, 5.41) is 9.00. The predicted molar refractivity (Wildman–Crippen MR) is 79.7 cm³/mol. The van der Waals surface area contributed by atoms with Crippen molar-refractivity contribution in [2.45, 2.75) is 6.04 Å². The number of carboxylic acids is 1. The Kier molecular flexibility index (Phi) is 3.66. The number of furan rings is 1. The molecular weight excluding hydrogens is 268 g/mol. The van der Waals surface area contributed by atoms with Gasteiger partial charge in [-0.15, -0.1) is 0 Å². The second-order valence-corrected chi connectivity index (χ2v) is 5.33. The van der Waals surface area contributed by atoms with Gasteiger partial charge in [0.25, 0.3) is 0 Å². The van der Waals surface area contributed by atoms with Gasteiger partial charge in [0.2, 0.25) is 5.76 Å². The number of rotatable bonds is 3. The summed E-state index contributed by atoms with van der Waals surface area (Å²) in [6, 6.07) is 13.6. The first-order valence-electron chi connectivity index (χ1n) is 6.98. The van der Waals surface area contributed by atoms with Gasteiger partial charge in [-0.25, -0.2) is 4.79 Å². The lowest BCUT2D eigenvalue weighted by atomic mass is 10.0. The minimum Gasteiger partial charge on any atom is -0.475 e. The molecule has 1 N–H and O–H groups in total. The number of likely N-dealkylation sites (N-methyl/N-ethyl adjacent to an activating group) is 1. The molecule has 5 heteroatoms. The van der Waals surface area contributed by atoms with E-state index in [0.29, 0.717) is 5.88 Å². The number of hydrogen-bond acceptors (Lipinski definition) is 4. The number of nitrogens with zero attached hydrogens (tertiary/aromatic N) is 2. The van der Waals surface area contributed by atoms with E-state index in [0.717, 1.165) is 19.6 Å².